The Morgan fingerprint density at radius 3 is 2.55 bits per heavy atom. The minimum absolute atomic E-state index is 0.0769. The number of nitrogens with zero attached hydrogens (tertiary/aromatic N) is 2. The van der Waals surface area contributed by atoms with Gasteiger partial charge in [-0.3, -0.25) is 14.4 Å². The quantitative estimate of drug-likeness (QED) is 0.507. The molecule has 2 saturated heterocycles. The number of esters is 1. The first-order valence-electron chi connectivity index (χ1n) is 12.2. The molecule has 0 aromatic rings. The molecule has 0 radical (unpaired) electrons. The Bertz CT molecular complexity index is 852. The number of amides is 2. The SMILES string of the molecule is CC(C)[C@H](CO)N1C(=O)[C@@H]2[C@@H]3C(=O)OCCCC/C=C\[C@@H]3O[C@@]23C=CCN(C(C)C)C(=O)C13. The molecule has 2 amide bonds. The predicted octanol–water partition coefficient (Wildman–Crippen LogP) is 1.67. The molecule has 0 aliphatic carbocycles. The van der Waals surface area contributed by atoms with Gasteiger partial charge in [-0.1, -0.05) is 38.2 Å². The molecule has 4 aliphatic rings. The smallest absolute Gasteiger partial charge is 0.312 e. The maximum absolute atomic E-state index is 14.0. The molecule has 1 unspecified atom stereocenters. The van der Waals surface area contributed by atoms with Crippen LogP contribution >= 0.6 is 0 Å². The lowest BCUT2D eigenvalue weighted by Gasteiger charge is -2.40. The first kappa shape index (κ1) is 24.0. The Kier molecular flexibility index (Phi) is 6.69. The van der Waals surface area contributed by atoms with Gasteiger partial charge < -0.3 is 24.4 Å². The van der Waals surface area contributed by atoms with Gasteiger partial charge in [0, 0.05) is 12.6 Å². The monoisotopic (exact) mass is 460 g/mol. The molecule has 4 rings (SSSR count). The second-order valence-electron chi connectivity index (χ2n) is 10.2. The molecule has 182 valence electrons. The van der Waals surface area contributed by atoms with Crippen molar-refractivity contribution in [2.24, 2.45) is 17.8 Å². The fraction of sp³-hybridized carbons (Fsp3) is 0.720. The minimum Gasteiger partial charge on any atom is -0.465 e. The van der Waals surface area contributed by atoms with E-state index in [1.165, 1.54) is 4.90 Å². The van der Waals surface area contributed by atoms with E-state index >= 15 is 0 Å². The van der Waals surface area contributed by atoms with Crippen molar-refractivity contribution in [3.8, 4) is 0 Å². The Morgan fingerprint density at radius 1 is 1.12 bits per heavy atom. The second kappa shape index (κ2) is 9.22. The van der Waals surface area contributed by atoms with Crippen LogP contribution in [0, 0.1) is 17.8 Å². The van der Waals surface area contributed by atoms with Crippen LogP contribution in [0.1, 0.15) is 47.0 Å². The zero-order valence-electron chi connectivity index (χ0n) is 20.0. The first-order chi connectivity index (χ1) is 15.7. The van der Waals surface area contributed by atoms with Crippen molar-refractivity contribution >= 4 is 17.8 Å². The lowest BCUT2D eigenvalue weighted by molar-refractivity contribution is -0.157. The Labute approximate surface area is 195 Å². The zero-order chi connectivity index (χ0) is 23.9. The minimum atomic E-state index is -1.28. The molecular formula is C25H36N2O6. The van der Waals surface area contributed by atoms with Gasteiger partial charge in [0.25, 0.3) is 0 Å². The van der Waals surface area contributed by atoms with E-state index in [-0.39, 0.29) is 30.4 Å². The number of allylic oxidation sites excluding steroid dienone is 1. The van der Waals surface area contributed by atoms with Crippen LogP contribution in [0.4, 0.5) is 0 Å². The summed E-state index contributed by atoms with van der Waals surface area (Å²) in [5.41, 5.74) is -1.28. The standard InChI is InChI=1S/C25H36N2O6/c1-15(2)17(14-28)27-21-23(30)26(16(3)4)12-9-11-25(21)20(22(27)29)19-18(33-25)10-7-5-6-8-13-32-24(19)31/h7,9-11,15-21,28H,5-6,8,12-14H2,1-4H3/b10-7-/t17-,18-,19+,20-,21?,25-/m0/s1. The number of hydrogen-bond donors (Lipinski definition) is 1. The van der Waals surface area contributed by atoms with Gasteiger partial charge >= 0.3 is 5.97 Å². The highest BCUT2D eigenvalue weighted by molar-refractivity contribution is 5.99. The van der Waals surface area contributed by atoms with Crippen molar-refractivity contribution in [2.45, 2.75) is 76.8 Å². The third-order valence-corrected chi connectivity index (χ3v) is 7.51. The van der Waals surface area contributed by atoms with Crippen molar-refractivity contribution in [3.05, 3.63) is 24.3 Å². The van der Waals surface area contributed by atoms with Crippen molar-refractivity contribution in [1.82, 2.24) is 9.80 Å². The van der Waals surface area contributed by atoms with Crippen LogP contribution in [-0.4, -0.2) is 82.3 Å². The van der Waals surface area contributed by atoms with Gasteiger partial charge in [0.2, 0.25) is 11.8 Å². The van der Waals surface area contributed by atoms with Crippen molar-refractivity contribution in [3.63, 3.8) is 0 Å². The van der Waals surface area contributed by atoms with Gasteiger partial charge in [-0.25, -0.2) is 0 Å². The Hall–Kier alpha value is -2.19. The van der Waals surface area contributed by atoms with E-state index in [0.29, 0.717) is 13.2 Å². The van der Waals surface area contributed by atoms with E-state index in [4.69, 9.17) is 9.47 Å². The van der Waals surface area contributed by atoms with Gasteiger partial charge in [0.15, 0.2) is 0 Å². The van der Waals surface area contributed by atoms with Gasteiger partial charge in [-0.05, 0) is 39.0 Å². The molecule has 0 bridgehead atoms. The number of likely N-dealkylation sites (tertiary alicyclic amines) is 1. The molecule has 8 nitrogen and oxygen atoms in total. The zero-order valence-corrected chi connectivity index (χ0v) is 20.0. The summed E-state index contributed by atoms with van der Waals surface area (Å²) in [4.78, 5) is 44.4. The van der Waals surface area contributed by atoms with E-state index in [9.17, 15) is 19.5 Å². The van der Waals surface area contributed by atoms with E-state index in [2.05, 4.69) is 0 Å². The van der Waals surface area contributed by atoms with Crippen molar-refractivity contribution in [2.75, 3.05) is 19.8 Å². The van der Waals surface area contributed by atoms with Crippen LogP contribution in [0.3, 0.4) is 0 Å². The summed E-state index contributed by atoms with van der Waals surface area (Å²) < 4.78 is 12.1. The predicted molar refractivity (Wildman–Crippen MR) is 121 cm³/mol. The van der Waals surface area contributed by atoms with E-state index in [1.807, 2.05) is 52.0 Å². The number of fused-ring (bicyclic) bond motifs is 2. The van der Waals surface area contributed by atoms with Crippen LogP contribution in [0.5, 0.6) is 0 Å². The summed E-state index contributed by atoms with van der Waals surface area (Å²) >= 11 is 0. The fourth-order valence-electron chi connectivity index (χ4n) is 5.82. The number of ether oxygens (including phenoxy) is 2. The summed E-state index contributed by atoms with van der Waals surface area (Å²) in [5.74, 6) is -2.82. The molecule has 1 N–H and O–H groups in total. The number of aliphatic hydroxyl groups is 1. The summed E-state index contributed by atoms with van der Waals surface area (Å²) in [6.07, 6.45) is 9.39. The maximum atomic E-state index is 14.0. The maximum Gasteiger partial charge on any atom is 0.312 e. The lowest BCUT2D eigenvalue weighted by atomic mass is 9.78. The number of aliphatic hydroxyl groups excluding tert-OH is 1. The summed E-state index contributed by atoms with van der Waals surface area (Å²) in [7, 11) is 0. The molecule has 0 aromatic heterocycles. The molecule has 8 heteroatoms. The van der Waals surface area contributed by atoms with Crippen LogP contribution in [0.15, 0.2) is 24.3 Å². The number of carbonyl (C=O) groups is 3. The van der Waals surface area contributed by atoms with Gasteiger partial charge in [-0.2, -0.15) is 0 Å². The number of cyclic esters (lactones) is 1. The van der Waals surface area contributed by atoms with E-state index in [0.717, 1.165) is 19.3 Å². The summed E-state index contributed by atoms with van der Waals surface area (Å²) in [6, 6.07) is -1.59. The normalized spacial score (nSPS) is 36.4. The van der Waals surface area contributed by atoms with Crippen LogP contribution in [-0.2, 0) is 23.9 Å². The van der Waals surface area contributed by atoms with Gasteiger partial charge in [0.05, 0.1) is 31.3 Å². The highest BCUT2D eigenvalue weighted by atomic mass is 16.6. The summed E-state index contributed by atoms with van der Waals surface area (Å²) in [5, 5.41) is 10.2. The molecule has 0 aromatic carbocycles. The van der Waals surface area contributed by atoms with Crippen LogP contribution < -0.4 is 0 Å². The molecule has 4 heterocycles. The lowest BCUT2D eigenvalue weighted by Crippen LogP contribution is -2.59. The summed E-state index contributed by atoms with van der Waals surface area (Å²) in [6.45, 7) is 8.12. The number of rotatable bonds is 4. The highest BCUT2D eigenvalue weighted by Crippen LogP contribution is 2.54. The molecule has 0 saturated carbocycles. The topological polar surface area (TPSA) is 96.4 Å². The van der Waals surface area contributed by atoms with Gasteiger partial charge in [0.1, 0.15) is 17.6 Å². The highest BCUT2D eigenvalue weighted by Gasteiger charge is 2.72. The van der Waals surface area contributed by atoms with Crippen molar-refractivity contribution in [1.29, 1.82) is 0 Å². The van der Waals surface area contributed by atoms with Gasteiger partial charge in [-0.15, -0.1) is 0 Å². The molecule has 33 heavy (non-hydrogen) atoms. The average Bonchev–Trinajstić information content (AvgIpc) is 3.14. The molecule has 1 spiro atoms. The molecule has 4 aliphatic heterocycles. The number of carbonyl (C=O) groups excluding carboxylic acids is 3. The third kappa shape index (κ3) is 3.81. The first-order valence-corrected chi connectivity index (χ1v) is 12.2. The molecule has 6 atom stereocenters. The Balaban J connectivity index is 1.87. The molecular weight excluding hydrogens is 424 g/mol. The third-order valence-electron chi connectivity index (χ3n) is 7.51. The van der Waals surface area contributed by atoms with Crippen LogP contribution in [0.25, 0.3) is 0 Å². The second-order valence-corrected chi connectivity index (χ2v) is 10.2. The fourth-order valence-corrected chi connectivity index (χ4v) is 5.82. The Morgan fingerprint density at radius 2 is 1.88 bits per heavy atom. The molecule has 2 fully saturated rings. The van der Waals surface area contributed by atoms with E-state index in [1.54, 1.807) is 4.90 Å². The average molecular weight is 461 g/mol. The largest absolute Gasteiger partial charge is 0.465 e. The van der Waals surface area contributed by atoms with E-state index < -0.39 is 41.6 Å². The van der Waals surface area contributed by atoms with Crippen LogP contribution in [0.2, 0.25) is 0 Å². The van der Waals surface area contributed by atoms with Crippen molar-refractivity contribution < 1.29 is 29.0 Å². The number of hydrogen-bond acceptors (Lipinski definition) is 6.